The SMILES string of the molecule is C\C=C/C(=C\C=C\OC1CCN(C)CC1)c1ccc(OC)c(OC)c1. The average Bonchev–Trinajstić information content (AvgIpc) is 2.65. The molecule has 4 nitrogen and oxygen atoms in total. The molecule has 1 fully saturated rings. The molecule has 0 bridgehead atoms. The second kappa shape index (κ2) is 9.94. The molecular weight excluding hydrogens is 314 g/mol. The van der Waals surface area contributed by atoms with Crippen LogP contribution in [-0.2, 0) is 4.74 Å². The number of ether oxygens (including phenoxy) is 3. The Morgan fingerprint density at radius 3 is 2.48 bits per heavy atom. The third-order valence-electron chi connectivity index (χ3n) is 4.35. The third kappa shape index (κ3) is 5.68. The number of likely N-dealkylation sites (tertiary alicyclic amines) is 1. The van der Waals surface area contributed by atoms with E-state index in [0.717, 1.165) is 48.6 Å². The first-order chi connectivity index (χ1) is 12.2. The maximum absolute atomic E-state index is 5.86. The molecule has 0 N–H and O–H groups in total. The second-order valence-corrected chi connectivity index (χ2v) is 6.16. The minimum absolute atomic E-state index is 0.326. The van der Waals surface area contributed by atoms with Gasteiger partial charge in [-0.15, -0.1) is 0 Å². The van der Waals surface area contributed by atoms with Gasteiger partial charge in [0.05, 0.1) is 20.5 Å². The minimum Gasteiger partial charge on any atom is -0.498 e. The Labute approximate surface area is 151 Å². The zero-order valence-electron chi connectivity index (χ0n) is 15.7. The molecule has 0 radical (unpaired) electrons. The van der Waals surface area contributed by atoms with Crippen molar-refractivity contribution >= 4 is 5.57 Å². The Hall–Kier alpha value is -2.20. The van der Waals surface area contributed by atoms with Gasteiger partial charge in [0.2, 0.25) is 0 Å². The highest BCUT2D eigenvalue weighted by molar-refractivity contribution is 5.76. The Morgan fingerprint density at radius 2 is 1.84 bits per heavy atom. The molecule has 4 heteroatoms. The second-order valence-electron chi connectivity index (χ2n) is 6.16. The van der Waals surface area contributed by atoms with Crippen molar-refractivity contribution in [2.45, 2.75) is 25.9 Å². The Morgan fingerprint density at radius 1 is 1.12 bits per heavy atom. The molecule has 25 heavy (non-hydrogen) atoms. The van der Waals surface area contributed by atoms with Crippen LogP contribution in [-0.4, -0.2) is 45.4 Å². The lowest BCUT2D eigenvalue weighted by Gasteiger charge is -2.28. The number of hydrogen-bond donors (Lipinski definition) is 0. The highest BCUT2D eigenvalue weighted by Crippen LogP contribution is 2.30. The first kappa shape index (κ1) is 19.1. The normalized spacial score (nSPS) is 17.4. The van der Waals surface area contributed by atoms with E-state index in [1.807, 2.05) is 37.3 Å². The molecule has 0 amide bonds. The largest absolute Gasteiger partial charge is 0.498 e. The molecule has 0 saturated carbocycles. The van der Waals surface area contributed by atoms with Crippen LogP contribution in [0.4, 0.5) is 0 Å². The molecule has 1 aliphatic rings. The van der Waals surface area contributed by atoms with Gasteiger partial charge >= 0.3 is 0 Å². The molecule has 1 heterocycles. The lowest BCUT2D eigenvalue weighted by molar-refractivity contribution is 0.0768. The molecule has 0 unspecified atom stereocenters. The summed E-state index contributed by atoms with van der Waals surface area (Å²) >= 11 is 0. The summed E-state index contributed by atoms with van der Waals surface area (Å²) in [5, 5.41) is 0. The van der Waals surface area contributed by atoms with Crippen molar-refractivity contribution < 1.29 is 14.2 Å². The van der Waals surface area contributed by atoms with Crippen molar-refractivity contribution in [3.63, 3.8) is 0 Å². The van der Waals surface area contributed by atoms with Gasteiger partial charge < -0.3 is 19.1 Å². The Kier molecular flexibility index (Phi) is 7.61. The van der Waals surface area contributed by atoms with E-state index in [4.69, 9.17) is 14.2 Å². The van der Waals surface area contributed by atoms with Gasteiger partial charge in [-0.05, 0) is 56.2 Å². The standard InChI is InChI=1S/C21H29NO3/c1-5-7-17(18-9-10-20(23-3)21(16-18)24-4)8-6-15-25-19-11-13-22(2)14-12-19/h5-10,15-16,19H,11-14H2,1-4H3/b7-5-,15-6+,17-8+. The molecule has 1 aromatic rings. The van der Waals surface area contributed by atoms with Crippen molar-refractivity contribution in [2.24, 2.45) is 0 Å². The molecule has 2 rings (SSSR count). The Bertz CT molecular complexity index is 626. The number of nitrogens with zero attached hydrogens (tertiary/aromatic N) is 1. The fourth-order valence-electron chi connectivity index (χ4n) is 2.86. The van der Waals surface area contributed by atoms with Gasteiger partial charge in [0.15, 0.2) is 11.5 Å². The quantitative estimate of drug-likeness (QED) is 0.546. The fraction of sp³-hybridized carbons (Fsp3) is 0.429. The molecule has 0 spiro atoms. The number of benzene rings is 1. The minimum atomic E-state index is 0.326. The van der Waals surface area contributed by atoms with Crippen molar-refractivity contribution in [1.82, 2.24) is 4.90 Å². The maximum Gasteiger partial charge on any atom is 0.161 e. The van der Waals surface area contributed by atoms with E-state index in [2.05, 4.69) is 24.1 Å². The van der Waals surface area contributed by atoms with Crippen LogP contribution in [0.1, 0.15) is 25.3 Å². The van der Waals surface area contributed by atoms with Gasteiger partial charge in [0.1, 0.15) is 6.10 Å². The zero-order chi connectivity index (χ0) is 18.1. The van der Waals surface area contributed by atoms with E-state index in [9.17, 15) is 0 Å². The molecule has 1 aliphatic heterocycles. The highest BCUT2D eigenvalue weighted by atomic mass is 16.5. The first-order valence-corrected chi connectivity index (χ1v) is 8.74. The van der Waals surface area contributed by atoms with E-state index >= 15 is 0 Å². The van der Waals surface area contributed by atoms with E-state index in [-0.39, 0.29) is 0 Å². The molecule has 1 saturated heterocycles. The number of allylic oxidation sites excluding steroid dienone is 5. The molecule has 0 aliphatic carbocycles. The fourth-order valence-corrected chi connectivity index (χ4v) is 2.86. The van der Waals surface area contributed by atoms with Gasteiger partial charge in [-0.1, -0.05) is 24.3 Å². The van der Waals surface area contributed by atoms with Crippen molar-refractivity contribution in [3.8, 4) is 11.5 Å². The van der Waals surface area contributed by atoms with Gasteiger partial charge in [0, 0.05) is 13.1 Å². The molecule has 0 aromatic heterocycles. The summed E-state index contributed by atoms with van der Waals surface area (Å²) in [5.74, 6) is 1.45. The predicted molar refractivity (Wildman–Crippen MR) is 103 cm³/mol. The number of rotatable bonds is 7. The van der Waals surface area contributed by atoms with Gasteiger partial charge in [-0.3, -0.25) is 0 Å². The number of hydrogen-bond acceptors (Lipinski definition) is 4. The molecule has 136 valence electrons. The van der Waals surface area contributed by atoms with E-state index < -0.39 is 0 Å². The van der Waals surface area contributed by atoms with Crippen LogP contribution >= 0.6 is 0 Å². The van der Waals surface area contributed by atoms with Crippen molar-refractivity contribution in [1.29, 1.82) is 0 Å². The summed E-state index contributed by atoms with van der Waals surface area (Å²) in [4.78, 5) is 2.34. The van der Waals surface area contributed by atoms with Crippen LogP contribution in [0.2, 0.25) is 0 Å². The van der Waals surface area contributed by atoms with Crippen LogP contribution in [0.15, 0.2) is 48.8 Å². The lowest BCUT2D eigenvalue weighted by atomic mass is 10.0. The smallest absolute Gasteiger partial charge is 0.161 e. The summed E-state index contributed by atoms with van der Waals surface area (Å²) in [5.41, 5.74) is 2.16. The topological polar surface area (TPSA) is 30.9 Å². The summed E-state index contributed by atoms with van der Waals surface area (Å²) < 4.78 is 16.6. The number of piperidine rings is 1. The summed E-state index contributed by atoms with van der Waals surface area (Å²) in [6.07, 6.45) is 12.4. The van der Waals surface area contributed by atoms with Gasteiger partial charge in [0.25, 0.3) is 0 Å². The van der Waals surface area contributed by atoms with E-state index in [1.165, 1.54) is 0 Å². The third-order valence-corrected chi connectivity index (χ3v) is 4.35. The van der Waals surface area contributed by atoms with Crippen LogP contribution in [0.5, 0.6) is 11.5 Å². The molecule has 1 aromatic carbocycles. The van der Waals surface area contributed by atoms with Crippen LogP contribution in [0.3, 0.4) is 0 Å². The lowest BCUT2D eigenvalue weighted by Crippen LogP contribution is -2.33. The number of methoxy groups -OCH3 is 2. The van der Waals surface area contributed by atoms with Gasteiger partial charge in [-0.2, -0.15) is 0 Å². The van der Waals surface area contributed by atoms with Crippen molar-refractivity contribution in [3.05, 3.63) is 54.3 Å². The molecular formula is C21H29NO3. The zero-order valence-corrected chi connectivity index (χ0v) is 15.7. The van der Waals surface area contributed by atoms with E-state index in [0.29, 0.717) is 6.10 Å². The van der Waals surface area contributed by atoms with Gasteiger partial charge in [-0.25, -0.2) is 0 Å². The monoisotopic (exact) mass is 343 g/mol. The van der Waals surface area contributed by atoms with Crippen LogP contribution < -0.4 is 9.47 Å². The summed E-state index contributed by atoms with van der Waals surface area (Å²) in [7, 11) is 5.45. The predicted octanol–water partition coefficient (Wildman–Crippen LogP) is 4.29. The van der Waals surface area contributed by atoms with Crippen LogP contribution in [0, 0.1) is 0 Å². The molecule has 0 atom stereocenters. The van der Waals surface area contributed by atoms with E-state index in [1.54, 1.807) is 20.5 Å². The maximum atomic E-state index is 5.86. The van der Waals surface area contributed by atoms with Crippen molar-refractivity contribution in [2.75, 3.05) is 34.4 Å². The summed E-state index contributed by atoms with van der Waals surface area (Å²) in [6, 6.07) is 5.93. The summed E-state index contributed by atoms with van der Waals surface area (Å²) in [6.45, 7) is 4.21. The first-order valence-electron chi connectivity index (χ1n) is 8.74. The Balaban J connectivity index is 2.06. The van der Waals surface area contributed by atoms with Crippen LogP contribution in [0.25, 0.3) is 5.57 Å². The average molecular weight is 343 g/mol. The highest BCUT2D eigenvalue weighted by Gasteiger charge is 2.16.